The van der Waals surface area contributed by atoms with E-state index in [1.165, 1.54) is 11.2 Å². The van der Waals surface area contributed by atoms with Gasteiger partial charge in [0, 0.05) is 29.1 Å². The molecular formula is C21H14ClNO4. The Labute approximate surface area is 160 Å². The predicted octanol–water partition coefficient (Wildman–Crippen LogP) is 3.94. The Hall–Kier alpha value is -3.18. The number of anilines is 1. The fraction of sp³-hybridized carbons (Fsp3) is 0.0952. The molecule has 0 radical (unpaired) electrons. The van der Waals surface area contributed by atoms with Gasteiger partial charge in [0.05, 0.1) is 17.5 Å². The summed E-state index contributed by atoms with van der Waals surface area (Å²) in [5.41, 5.74) is 1.55. The topological polar surface area (TPSA) is 67.6 Å². The largest absolute Gasteiger partial charge is 0.459 e. The van der Waals surface area contributed by atoms with Gasteiger partial charge in [-0.05, 0) is 18.2 Å². The Morgan fingerprint density at radius 3 is 2.26 bits per heavy atom. The van der Waals surface area contributed by atoms with Crippen LogP contribution >= 0.6 is 11.6 Å². The molecular weight excluding hydrogens is 366 g/mol. The summed E-state index contributed by atoms with van der Waals surface area (Å²) in [4.78, 5) is 40.3. The number of fused-ring (bicyclic) bond motifs is 2. The normalized spacial score (nSPS) is 12.5. The number of hydrogen-bond acceptors (Lipinski definition) is 4. The first kappa shape index (κ1) is 17.2. The van der Waals surface area contributed by atoms with Crippen molar-refractivity contribution in [3.05, 3.63) is 88.9 Å². The second-order valence-electron chi connectivity index (χ2n) is 6.03. The Kier molecular flexibility index (Phi) is 4.38. The molecule has 4 rings (SSSR count). The lowest BCUT2D eigenvalue weighted by atomic mass is 9.83. The van der Waals surface area contributed by atoms with Crippen molar-refractivity contribution in [2.75, 3.05) is 17.3 Å². The van der Waals surface area contributed by atoms with Gasteiger partial charge in [0.2, 0.25) is 0 Å². The number of alkyl halides is 1. The van der Waals surface area contributed by atoms with Crippen LogP contribution in [0.2, 0.25) is 0 Å². The number of furan rings is 1. The molecule has 0 fully saturated rings. The van der Waals surface area contributed by atoms with Crippen LogP contribution in [-0.4, -0.2) is 29.9 Å². The maximum absolute atomic E-state index is 13.1. The van der Waals surface area contributed by atoms with E-state index >= 15 is 0 Å². The Bertz CT molecular complexity index is 1060. The zero-order chi connectivity index (χ0) is 19.0. The maximum atomic E-state index is 13.1. The molecule has 1 aliphatic carbocycles. The highest BCUT2D eigenvalue weighted by Gasteiger charge is 2.34. The average molecular weight is 380 g/mol. The number of halogens is 1. The van der Waals surface area contributed by atoms with Gasteiger partial charge in [-0.25, -0.2) is 0 Å². The average Bonchev–Trinajstić information content (AvgIpc) is 3.24. The van der Waals surface area contributed by atoms with E-state index in [4.69, 9.17) is 16.0 Å². The second-order valence-corrected chi connectivity index (χ2v) is 6.40. The highest BCUT2D eigenvalue weighted by Crippen LogP contribution is 2.34. The predicted molar refractivity (Wildman–Crippen MR) is 101 cm³/mol. The first-order valence-electron chi connectivity index (χ1n) is 8.36. The zero-order valence-electron chi connectivity index (χ0n) is 14.1. The van der Waals surface area contributed by atoms with Gasteiger partial charge in [0.1, 0.15) is 0 Å². The first-order valence-corrected chi connectivity index (χ1v) is 8.89. The van der Waals surface area contributed by atoms with E-state index in [1.807, 2.05) is 0 Å². The molecule has 0 unspecified atom stereocenters. The second kappa shape index (κ2) is 6.85. The summed E-state index contributed by atoms with van der Waals surface area (Å²) < 4.78 is 5.21. The van der Waals surface area contributed by atoms with Gasteiger partial charge in [-0.3, -0.25) is 14.4 Å². The van der Waals surface area contributed by atoms with E-state index in [1.54, 1.807) is 54.6 Å². The van der Waals surface area contributed by atoms with Gasteiger partial charge in [0.15, 0.2) is 17.3 Å². The molecule has 0 bridgehead atoms. The molecule has 134 valence electrons. The van der Waals surface area contributed by atoms with Crippen molar-refractivity contribution < 1.29 is 18.8 Å². The summed E-state index contributed by atoms with van der Waals surface area (Å²) in [6.07, 6.45) is 1.40. The van der Waals surface area contributed by atoms with E-state index in [9.17, 15) is 14.4 Å². The third-order valence-corrected chi connectivity index (χ3v) is 4.68. The number of benzene rings is 2. The zero-order valence-corrected chi connectivity index (χ0v) is 14.9. The smallest absolute Gasteiger partial charge is 0.294 e. The van der Waals surface area contributed by atoms with Crippen molar-refractivity contribution in [2.45, 2.75) is 0 Å². The molecule has 0 saturated heterocycles. The molecule has 1 heterocycles. The van der Waals surface area contributed by atoms with Crippen LogP contribution in [0.1, 0.15) is 42.4 Å². The SMILES string of the molecule is O=C1c2ccccc2C(=O)c2c1cccc2N(CCCl)C(=O)c1ccco1. The Balaban J connectivity index is 1.89. The minimum atomic E-state index is -0.423. The molecule has 1 aliphatic rings. The number of amides is 1. The molecule has 1 aromatic heterocycles. The number of hydrogen-bond donors (Lipinski definition) is 0. The number of ketones is 2. The van der Waals surface area contributed by atoms with E-state index in [2.05, 4.69) is 0 Å². The van der Waals surface area contributed by atoms with Gasteiger partial charge in [-0.2, -0.15) is 0 Å². The monoisotopic (exact) mass is 379 g/mol. The van der Waals surface area contributed by atoms with Gasteiger partial charge in [-0.1, -0.05) is 36.4 Å². The molecule has 27 heavy (non-hydrogen) atoms. The van der Waals surface area contributed by atoms with Crippen LogP contribution in [0.3, 0.4) is 0 Å². The van der Waals surface area contributed by atoms with E-state index in [-0.39, 0.29) is 40.9 Å². The van der Waals surface area contributed by atoms with Crippen LogP contribution in [0, 0.1) is 0 Å². The number of rotatable bonds is 4. The molecule has 6 heteroatoms. The van der Waals surface area contributed by atoms with E-state index < -0.39 is 5.91 Å². The fourth-order valence-corrected chi connectivity index (χ4v) is 3.47. The Morgan fingerprint density at radius 2 is 1.59 bits per heavy atom. The summed E-state index contributed by atoms with van der Waals surface area (Å²) in [5.74, 6) is -0.656. The van der Waals surface area contributed by atoms with Crippen LogP contribution in [0.25, 0.3) is 0 Å². The van der Waals surface area contributed by atoms with Crippen LogP contribution in [-0.2, 0) is 0 Å². The molecule has 0 aliphatic heterocycles. The maximum Gasteiger partial charge on any atom is 0.294 e. The summed E-state index contributed by atoms with van der Waals surface area (Å²) in [6.45, 7) is 0.167. The van der Waals surface area contributed by atoms with Crippen LogP contribution in [0.4, 0.5) is 5.69 Å². The standard InChI is InChI=1S/C21H14ClNO4/c22-10-11-23(21(26)17-9-4-12-27-17)16-8-3-7-15-18(16)20(25)14-6-2-1-5-13(14)19(15)24/h1-9,12H,10-11H2. The van der Waals surface area contributed by atoms with E-state index in [0.29, 0.717) is 16.8 Å². The van der Waals surface area contributed by atoms with Gasteiger partial charge in [0.25, 0.3) is 5.91 Å². The third-order valence-electron chi connectivity index (χ3n) is 4.51. The highest BCUT2D eigenvalue weighted by atomic mass is 35.5. The van der Waals surface area contributed by atoms with Gasteiger partial charge >= 0.3 is 0 Å². The molecule has 2 aromatic carbocycles. The van der Waals surface area contributed by atoms with Gasteiger partial charge in [-0.15, -0.1) is 11.6 Å². The van der Waals surface area contributed by atoms with Crippen molar-refractivity contribution in [3.63, 3.8) is 0 Å². The van der Waals surface area contributed by atoms with Gasteiger partial charge < -0.3 is 9.32 Å². The quantitative estimate of drug-likeness (QED) is 0.504. The molecule has 1 amide bonds. The lowest BCUT2D eigenvalue weighted by molar-refractivity contribution is 0.0957. The molecule has 5 nitrogen and oxygen atoms in total. The number of carbonyl (C=O) groups excluding carboxylic acids is 3. The molecule has 0 spiro atoms. The molecule has 0 N–H and O–H groups in total. The molecule has 0 atom stereocenters. The highest BCUT2D eigenvalue weighted by molar-refractivity contribution is 6.31. The lowest BCUT2D eigenvalue weighted by Gasteiger charge is -2.26. The summed E-state index contributed by atoms with van der Waals surface area (Å²) >= 11 is 5.90. The summed E-state index contributed by atoms with van der Waals surface area (Å²) in [7, 11) is 0. The van der Waals surface area contributed by atoms with Crippen molar-refractivity contribution in [1.29, 1.82) is 0 Å². The number of nitrogens with zero attached hydrogens (tertiary/aromatic N) is 1. The van der Waals surface area contributed by atoms with E-state index in [0.717, 1.165) is 0 Å². The minimum Gasteiger partial charge on any atom is -0.459 e. The molecule has 0 saturated carbocycles. The van der Waals surface area contributed by atoms with Crippen molar-refractivity contribution >= 4 is 34.8 Å². The fourth-order valence-electron chi connectivity index (χ4n) is 3.30. The minimum absolute atomic E-state index is 0.132. The Morgan fingerprint density at radius 1 is 0.889 bits per heavy atom. The van der Waals surface area contributed by atoms with Crippen molar-refractivity contribution in [2.24, 2.45) is 0 Å². The van der Waals surface area contributed by atoms with Crippen molar-refractivity contribution in [3.8, 4) is 0 Å². The third kappa shape index (κ3) is 2.76. The van der Waals surface area contributed by atoms with Crippen molar-refractivity contribution in [1.82, 2.24) is 0 Å². The lowest BCUT2D eigenvalue weighted by Crippen LogP contribution is -2.35. The molecule has 3 aromatic rings. The first-order chi connectivity index (χ1) is 13.1. The summed E-state index contributed by atoms with van der Waals surface area (Å²) in [6, 6.07) is 14.7. The van der Waals surface area contributed by atoms with Crippen LogP contribution in [0.15, 0.2) is 65.3 Å². The number of carbonyl (C=O) groups is 3. The van der Waals surface area contributed by atoms with Crippen LogP contribution < -0.4 is 4.90 Å². The summed E-state index contributed by atoms with van der Waals surface area (Å²) in [5, 5.41) is 0. The van der Waals surface area contributed by atoms with Crippen LogP contribution in [0.5, 0.6) is 0 Å².